The number of amides is 1. The van der Waals surface area contributed by atoms with Gasteiger partial charge in [-0.3, -0.25) is 9.69 Å². The van der Waals surface area contributed by atoms with Crippen molar-refractivity contribution >= 4 is 55.3 Å². The Morgan fingerprint density at radius 2 is 1.96 bits per heavy atom. The number of para-hydroxylation sites is 1. The second-order valence-corrected chi connectivity index (χ2v) is 8.16. The maximum absolute atomic E-state index is 12.8. The average Bonchev–Trinajstić information content (AvgIpc) is 3.06. The van der Waals surface area contributed by atoms with Crippen molar-refractivity contribution in [3.05, 3.63) is 58.8 Å². The van der Waals surface area contributed by atoms with E-state index in [0.29, 0.717) is 17.3 Å². The molecule has 1 aliphatic heterocycles. The van der Waals surface area contributed by atoms with E-state index < -0.39 is 0 Å². The second-order valence-electron chi connectivity index (χ2n) is 7.24. The van der Waals surface area contributed by atoms with E-state index >= 15 is 0 Å². The van der Waals surface area contributed by atoms with E-state index in [4.69, 9.17) is 4.98 Å². The van der Waals surface area contributed by atoms with Crippen LogP contribution in [0, 0.1) is 5.92 Å². The van der Waals surface area contributed by atoms with Gasteiger partial charge >= 0.3 is 0 Å². The Kier molecular flexibility index (Phi) is 3.59. The summed E-state index contributed by atoms with van der Waals surface area (Å²) in [5, 5.41) is 1.05. The molecule has 2 aromatic carbocycles. The van der Waals surface area contributed by atoms with E-state index in [1.165, 1.54) is 0 Å². The molecule has 5 rings (SSSR count). The molecule has 27 heavy (non-hydrogen) atoms. The largest absolute Gasteiger partial charge is 0.330 e. The summed E-state index contributed by atoms with van der Waals surface area (Å²) in [5.41, 5.74) is 4.22. The van der Waals surface area contributed by atoms with Crippen molar-refractivity contribution in [2.45, 2.75) is 20.4 Å². The van der Waals surface area contributed by atoms with Gasteiger partial charge in [-0.1, -0.05) is 48.0 Å². The highest BCUT2D eigenvalue weighted by Crippen LogP contribution is 2.43. The highest BCUT2D eigenvalue weighted by atomic mass is 79.9. The maximum atomic E-state index is 12.8. The summed E-state index contributed by atoms with van der Waals surface area (Å²) in [5.74, 6) is 1.04. The van der Waals surface area contributed by atoms with Crippen LogP contribution in [0.25, 0.3) is 21.9 Å². The summed E-state index contributed by atoms with van der Waals surface area (Å²) >= 11 is 3.43. The smallest absolute Gasteiger partial charge is 0.266 e. The Morgan fingerprint density at radius 3 is 2.78 bits per heavy atom. The molecular formula is C21H17BrN4O. The fourth-order valence-electron chi connectivity index (χ4n) is 3.72. The minimum Gasteiger partial charge on any atom is -0.330 e. The number of aromatic nitrogens is 3. The number of anilines is 2. The first kappa shape index (κ1) is 16.4. The highest BCUT2D eigenvalue weighted by Gasteiger charge is 2.37. The zero-order valence-corrected chi connectivity index (χ0v) is 16.6. The monoisotopic (exact) mass is 420 g/mol. The Bertz CT molecular complexity index is 1230. The van der Waals surface area contributed by atoms with Gasteiger partial charge in [0.2, 0.25) is 0 Å². The van der Waals surface area contributed by atoms with Crippen LogP contribution in [0.3, 0.4) is 0 Å². The molecule has 0 N–H and O–H groups in total. The van der Waals surface area contributed by atoms with E-state index in [9.17, 15) is 4.79 Å². The number of nitrogens with zero attached hydrogens (tertiary/aromatic N) is 4. The van der Waals surface area contributed by atoms with Gasteiger partial charge in [-0.25, -0.2) is 9.97 Å². The van der Waals surface area contributed by atoms with Gasteiger partial charge in [-0.05, 0) is 30.2 Å². The SMILES string of the molecule is CC(C)Cn1cnc2c(N3C(=O)c4cc(Br)ccc43)nc3ccccc3c21. The topological polar surface area (TPSA) is 51.0 Å². The first-order chi connectivity index (χ1) is 13.0. The Morgan fingerprint density at radius 1 is 1.15 bits per heavy atom. The van der Waals surface area contributed by atoms with Crippen molar-refractivity contribution in [3.8, 4) is 0 Å². The number of fused-ring (bicyclic) bond motifs is 4. The molecule has 0 aliphatic carbocycles. The van der Waals surface area contributed by atoms with Crippen LogP contribution in [0.1, 0.15) is 24.2 Å². The van der Waals surface area contributed by atoms with E-state index in [1.807, 2.05) is 42.7 Å². The molecule has 0 radical (unpaired) electrons. The maximum Gasteiger partial charge on any atom is 0.266 e. The van der Waals surface area contributed by atoms with E-state index in [-0.39, 0.29) is 5.91 Å². The number of imidazole rings is 1. The first-order valence-corrected chi connectivity index (χ1v) is 9.71. The predicted molar refractivity (Wildman–Crippen MR) is 110 cm³/mol. The lowest BCUT2D eigenvalue weighted by atomic mass is 10.0. The summed E-state index contributed by atoms with van der Waals surface area (Å²) in [6, 6.07) is 13.8. The molecule has 2 aromatic heterocycles. The number of carbonyl (C=O) groups is 1. The minimum atomic E-state index is -0.0474. The molecule has 6 heteroatoms. The van der Waals surface area contributed by atoms with Crippen LogP contribution >= 0.6 is 15.9 Å². The van der Waals surface area contributed by atoms with Gasteiger partial charge in [0.1, 0.15) is 5.52 Å². The third-order valence-electron chi connectivity index (χ3n) is 4.84. The molecule has 4 aromatic rings. The zero-order valence-electron chi connectivity index (χ0n) is 15.0. The van der Waals surface area contributed by atoms with Crippen molar-refractivity contribution in [1.29, 1.82) is 0 Å². The van der Waals surface area contributed by atoms with E-state index in [2.05, 4.69) is 45.4 Å². The lowest BCUT2D eigenvalue weighted by Gasteiger charge is -2.33. The Hall–Kier alpha value is -2.73. The number of rotatable bonds is 3. The van der Waals surface area contributed by atoms with Gasteiger partial charge in [0.15, 0.2) is 5.82 Å². The Labute approximate surface area is 164 Å². The fraction of sp³-hybridized carbons (Fsp3) is 0.190. The van der Waals surface area contributed by atoms with Crippen molar-refractivity contribution in [3.63, 3.8) is 0 Å². The fourth-order valence-corrected chi connectivity index (χ4v) is 4.08. The number of carbonyl (C=O) groups excluding carboxylic acids is 1. The molecule has 0 fully saturated rings. The third-order valence-corrected chi connectivity index (χ3v) is 5.33. The molecule has 1 aliphatic rings. The van der Waals surface area contributed by atoms with Crippen LogP contribution in [0.4, 0.5) is 11.5 Å². The van der Waals surface area contributed by atoms with Crippen LogP contribution < -0.4 is 4.90 Å². The number of benzene rings is 2. The molecule has 5 nitrogen and oxygen atoms in total. The summed E-state index contributed by atoms with van der Waals surface area (Å²) < 4.78 is 3.06. The lowest BCUT2D eigenvalue weighted by Crippen LogP contribution is -2.37. The summed E-state index contributed by atoms with van der Waals surface area (Å²) in [4.78, 5) is 23.9. The van der Waals surface area contributed by atoms with Crippen molar-refractivity contribution in [2.24, 2.45) is 5.92 Å². The molecule has 0 unspecified atom stereocenters. The number of pyridine rings is 1. The number of hydrogen-bond donors (Lipinski definition) is 0. The van der Waals surface area contributed by atoms with Crippen LogP contribution in [-0.4, -0.2) is 20.4 Å². The molecule has 1 amide bonds. The molecule has 134 valence electrons. The predicted octanol–water partition coefficient (Wildman–Crippen LogP) is 5.29. The lowest BCUT2D eigenvalue weighted by molar-refractivity contribution is 0.0980. The quantitative estimate of drug-likeness (QED) is 0.452. The molecule has 0 saturated heterocycles. The van der Waals surface area contributed by atoms with Crippen LogP contribution in [0.15, 0.2) is 53.3 Å². The third kappa shape index (κ3) is 2.40. The van der Waals surface area contributed by atoms with Gasteiger partial charge in [-0.2, -0.15) is 0 Å². The van der Waals surface area contributed by atoms with Crippen molar-refractivity contribution in [1.82, 2.24) is 14.5 Å². The molecule has 0 atom stereocenters. The van der Waals surface area contributed by atoms with E-state index in [1.54, 1.807) is 4.90 Å². The van der Waals surface area contributed by atoms with Gasteiger partial charge in [-0.15, -0.1) is 0 Å². The Balaban J connectivity index is 1.79. The molecule has 0 spiro atoms. The number of hydrogen-bond acceptors (Lipinski definition) is 3. The molecule has 3 heterocycles. The van der Waals surface area contributed by atoms with Crippen molar-refractivity contribution in [2.75, 3.05) is 4.90 Å². The highest BCUT2D eigenvalue weighted by molar-refractivity contribution is 9.10. The van der Waals surface area contributed by atoms with Gasteiger partial charge in [0.25, 0.3) is 5.91 Å². The van der Waals surface area contributed by atoms with Gasteiger partial charge in [0.05, 0.1) is 28.6 Å². The molecular weight excluding hydrogens is 404 g/mol. The van der Waals surface area contributed by atoms with Crippen LogP contribution in [-0.2, 0) is 6.54 Å². The zero-order chi connectivity index (χ0) is 18.7. The van der Waals surface area contributed by atoms with Gasteiger partial charge < -0.3 is 4.57 Å². The number of halogens is 1. The second kappa shape index (κ2) is 5.89. The molecule has 0 saturated carbocycles. The average molecular weight is 421 g/mol. The summed E-state index contributed by atoms with van der Waals surface area (Å²) in [6.07, 6.45) is 1.86. The van der Waals surface area contributed by atoms with Crippen LogP contribution in [0.5, 0.6) is 0 Å². The van der Waals surface area contributed by atoms with Crippen LogP contribution in [0.2, 0.25) is 0 Å². The standard InChI is InChI=1S/C21H17BrN4O/c1-12(2)10-25-11-23-18-19(25)14-5-3-4-6-16(14)24-20(18)26-17-8-7-13(22)9-15(17)21(26)27/h3-9,11-12H,10H2,1-2H3. The molecule has 0 bridgehead atoms. The minimum absolute atomic E-state index is 0.0474. The summed E-state index contributed by atoms with van der Waals surface area (Å²) in [6.45, 7) is 5.23. The van der Waals surface area contributed by atoms with E-state index in [0.717, 1.165) is 38.6 Å². The van der Waals surface area contributed by atoms with Gasteiger partial charge in [0, 0.05) is 16.4 Å². The van der Waals surface area contributed by atoms with Crippen molar-refractivity contribution < 1.29 is 4.79 Å². The first-order valence-electron chi connectivity index (χ1n) is 8.92. The summed E-state index contributed by atoms with van der Waals surface area (Å²) in [7, 11) is 0. The normalized spacial score (nSPS) is 13.5.